The monoisotopic (exact) mass is 467 g/mol. The lowest BCUT2D eigenvalue weighted by Gasteiger charge is -2.29. The van der Waals surface area contributed by atoms with Crippen LogP contribution in [0.15, 0.2) is 60.8 Å². The number of carboxylic acid groups (broad SMARTS) is 1. The summed E-state index contributed by atoms with van der Waals surface area (Å²) in [6.45, 7) is 12.1. The Kier molecular flexibility index (Phi) is 9.69. The van der Waals surface area contributed by atoms with Gasteiger partial charge in [-0.3, -0.25) is 9.91 Å². The van der Waals surface area contributed by atoms with Crippen LogP contribution in [0.25, 0.3) is 0 Å². The van der Waals surface area contributed by atoms with Crippen molar-refractivity contribution in [3.63, 3.8) is 0 Å². The highest BCUT2D eigenvalue weighted by atomic mass is 16.5. The van der Waals surface area contributed by atoms with Crippen LogP contribution >= 0.6 is 0 Å². The maximum absolute atomic E-state index is 13.0. The molecule has 0 saturated heterocycles. The number of carboxylic acids is 1. The summed E-state index contributed by atoms with van der Waals surface area (Å²) >= 11 is 0. The first-order valence-corrected chi connectivity index (χ1v) is 11.6. The number of amides is 2. The number of aliphatic carboxylic acids is 1. The van der Waals surface area contributed by atoms with Crippen molar-refractivity contribution >= 4 is 12.0 Å². The number of benzene rings is 2. The smallest absolute Gasteiger partial charge is 0.347 e. The highest BCUT2D eigenvalue weighted by molar-refractivity contribution is 5.77. The van der Waals surface area contributed by atoms with E-state index in [4.69, 9.17) is 10.6 Å². The highest BCUT2D eigenvalue weighted by Crippen LogP contribution is 2.22. The molecule has 34 heavy (non-hydrogen) atoms. The van der Waals surface area contributed by atoms with Gasteiger partial charge in [0.25, 0.3) is 0 Å². The van der Waals surface area contributed by atoms with Crippen molar-refractivity contribution in [1.82, 2.24) is 9.91 Å². The van der Waals surface area contributed by atoms with Gasteiger partial charge in [-0.25, -0.2) is 15.4 Å². The van der Waals surface area contributed by atoms with Crippen molar-refractivity contribution in [2.45, 2.75) is 65.5 Å². The summed E-state index contributed by atoms with van der Waals surface area (Å²) < 4.78 is 5.63. The normalized spacial score (nSPS) is 11.1. The zero-order valence-electron chi connectivity index (χ0n) is 20.7. The molecule has 2 aromatic carbocycles. The molecule has 0 unspecified atom stereocenters. The Morgan fingerprint density at radius 1 is 1.12 bits per heavy atom. The van der Waals surface area contributed by atoms with Gasteiger partial charge in [-0.15, -0.1) is 0 Å². The van der Waals surface area contributed by atoms with Crippen molar-refractivity contribution in [3.8, 4) is 5.75 Å². The van der Waals surface area contributed by atoms with Crippen LogP contribution < -0.4 is 10.6 Å². The number of nitrogens with two attached hydrogens (primary N) is 1. The molecule has 2 aromatic rings. The van der Waals surface area contributed by atoms with Gasteiger partial charge in [0.2, 0.25) is 0 Å². The maximum atomic E-state index is 13.0. The molecule has 0 aromatic heterocycles. The predicted octanol–water partition coefficient (Wildman–Crippen LogP) is 5.28. The second-order valence-corrected chi connectivity index (χ2v) is 9.03. The summed E-state index contributed by atoms with van der Waals surface area (Å²) in [4.78, 5) is 26.0. The molecule has 0 fully saturated rings. The third-order valence-electron chi connectivity index (χ3n) is 5.50. The van der Waals surface area contributed by atoms with E-state index in [1.807, 2.05) is 56.3 Å². The first-order valence-electron chi connectivity index (χ1n) is 11.6. The average Bonchev–Trinajstić information content (AvgIpc) is 2.78. The topological polar surface area (TPSA) is 96.1 Å². The molecular weight excluding hydrogens is 430 g/mol. The SMILES string of the molecule is C=C(CCCc1cccc(OC(C)(C)C(=O)O)c1)N(CCC)C(=O)N(N)Cc1ccc(C)cc1. The second kappa shape index (κ2) is 12.2. The molecule has 0 spiro atoms. The number of hydrazine groups is 1. The van der Waals surface area contributed by atoms with E-state index in [9.17, 15) is 14.7 Å². The minimum Gasteiger partial charge on any atom is -0.478 e. The molecular formula is C27H37N3O4. The fourth-order valence-corrected chi connectivity index (χ4v) is 3.46. The Hall–Kier alpha value is -3.32. The second-order valence-electron chi connectivity index (χ2n) is 9.03. The molecule has 184 valence electrons. The number of urea groups is 1. The van der Waals surface area contributed by atoms with E-state index in [-0.39, 0.29) is 6.03 Å². The zero-order valence-corrected chi connectivity index (χ0v) is 20.7. The Bertz CT molecular complexity index is 986. The van der Waals surface area contributed by atoms with Crippen LogP contribution in [-0.2, 0) is 17.8 Å². The van der Waals surface area contributed by atoms with E-state index in [0.717, 1.165) is 41.6 Å². The van der Waals surface area contributed by atoms with Crippen LogP contribution in [0, 0.1) is 6.92 Å². The Balaban J connectivity index is 1.94. The van der Waals surface area contributed by atoms with Gasteiger partial charge in [0.1, 0.15) is 5.75 Å². The standard InChI is InChI=1S/C27H37N3O4/c1-6-17-29(26(33)30(28)19-23-15-13-20(2)14-16-23)21(3)9-7-10-22-11-8-12-24(18-22)34-27(4,5)25(31)32/h8,11-16,18H,3,6-7,9-10,17,19,28H2,1-2,4-5H3,(H,31,32). The summed E-state index contributed by atoms with van der Waals surface area (Å²) in [5.74, 6) is 5.60. The number of hydrogen-bond donors (Lipinski definition) is 2. The number of allylic oxidation sites excluding steroid dienone is 1. The summed E-state index contributed by atoms with van der Waals surface area (Å²) in [7, 11) is 0. The third kappa shape index (κ3) is 7.92. The number of rotatable bonds is 12. The van der Waals surface area contributed by atoms with Gasteiger partial charge in [0.15, 0.2) is 5.60 Å². The molecule has 0 aliphatic heterocycles. The first-order chi connectivity index (χ1) is 16.0. The molecule has 0 atom stereocenters. The number of carbonyl (C=O) groups is 2. The molecule has 0 heterocycles. The van der Waals surface area contributed by atoms with Crippen LogP contribution in [0.3, 0.4) is 0 Å². The molecule has 7 heteroatoms. The molecule has 0 aliphatic carbocycles. The number of carbonyl (C=O) groups excluding carboxylic acids is 1. The Morgan fingerprint density at radius 2 is 1.79 bits per heavy atom. The van der Waals surface area contributed by atoms with Gasteiger partial charge in [-0.2, -0.15) is 0 Å². The van der Waals surface area contributed by atoms with Gasteiger partial charge in [0, 0.05) is 12.2 Å². The summed E-state index contributed by atoms with van der Waals surface area (Å²) in [5.41, 5.74) is 2.57. The van der Waals surface area contributed by atoms with Crippen molar-refractivity contribution in [1.29, 1.82) is 0 Å². The average molecular weight is 468 g/mol. The van der Waals surface area contributed by atoms with Gasteiger partial charge in [0.05, 0.1) is 6.54 Å². The van der Waals surface area contributed by atoms with E-state index in [0.29, 0.717) is 25.3 Å². The van der Waals surface area contributed by atoms with Crippen LogP contribution in [-0.4, -0.2) is 39.2 Å². The number of nitrogens with zero attached hydrogens (tertiary/aromatic N) is 2. The van der Waals surface area contributed by atoms with Crippen molar-refractivity contribution in [3.05, 3.63) is 77.5 Å². The molecule has 3 N–H and O–H groups in total. The first kappa shape index (κ1) is 26.9. The lowest BCUT2D eigenvalue weighted by Crippen LogP contribution is -2.46. The van der Waals surface area contributed by atoms with E-state index in [2.05, 4.69) is 6.58 Å². The fraction of sp³-hybridized carbons (Fsp3) is 0.407. The number of ether oxygens (including phenoxy) is 1. The van der Waals surface area contributed by atoms with Gasteiger partial charge < -0.3 is 9.84 Å². The third-order valence-corrected chi connectivity index (χ3v) is 5.50. The minimum atomic E-state index is -1.30. The van der Waals surface area contributed by atoms with Crippen LogP contribution in [0.2, 0.25) is 0 Å². The van der Waals surface area contributed by atoms with Gasteiger partial charge >= 0.3 is 12.0 Å². The molecule has 0 saturated carbocycles. The predicted molar refractivity (Wildman–Crippen MR) is 134 cm³/mol. The largest absolute Gasteiger partial charge is 0.478 e. The van der Waals surface area contributed by atoms with E-state index in [1.54, 1.807) is 11.0 Å². The van der Waals surface area contributed by atoms with Crippen LogP contribution in [0.1, 0.15) is 56.7 Å². The number of hydrogen-bond acceptors (Lipinski definition) is 4. The zero-order chi connectivity index (χ0) is 25.3. The highest BCUT2D eigenvalue weighted by Gasteiger charge is 2.29. The molecule has 0 radical (unpaired) electrons. The molecule has 0 aliphatic rings. The van der Waals surface area contributed by atoms with Gasteiger partial charge in [-0.05, 0) is 69.7 Å². The van der Waals surface area contributed by atoms with Gasteiger partial charge in [-0.1, -0.05) is 55.5 Å². The molecule has 7 nitrogen and oxygen atoms in total. The minimum absolute atomic E-state index is 0.265. The fourth-order valence-electron chi connectivity index (χ4n) is 3.46. The summed E-state index contributed by atoms with van der Waals surface area (Å²) in [6, 6.07) is 15.1. The summed E-state index contributed by atoms with van der Waals surface area (Å²) in [6.07, 6.45) is 2.95. The van der Waals surface area contributed by atoms with Crippen molar-refractivity contribution in [2.24, 2.45) is 5.84 Å². The van der Waals surface area contributed by atoms with E-state index in [1.165, 1.54) is 18.9 Å². The summed E-state index contributed by atoms with van der Waals surface area (Å²) in [5, 5.41) is 10.5. The van der Waals surface area contributed by atoms with E-state index >= 15 is 0 Å². The van der Waals surface area contributed by atoms with Crippen LogP contribution in [0.4, 0.5) is 4.79 Å². The van der Waals surface area contributed by atoms with Crippen molar-refractivity contribution in [2.75, 3.05) is 6.54 Å². The van der Waals surface area contributed by atoms with E-state index < -0.39 is 11.6 Å². The Labute approximate surface area is 202 Å². The molecule has 2 amide bonds. The lowest BCUT2D eigenvalue weighted by molar-refractivity contribution is -0.152. The van der Waals surface area contributed by atoms with Crippen molar-refractivity contribution < 1.29 is 19.4 Å². The quantitative estimate of drug-likeness (QED) is 0.251. The Morgan fingerprint density at radius 3 is 2.41 bits per heavy atom. The molecule has 2 rings (SSSR count). The number of aryl methyl sites for hydroxylation is 2. The van der Waals surface area contributed by atoms with Crippen LogP contribution in [0.5, 0.6) is 5.75 Å². The molecule has 0 bridgehead atoms. The lowest BCUT2D eigenvalue weighted by atomic mass is 10.1. The maximum Gasteiger partial charge on any atom is 0.347 e.